The maximum atomic E-state index is 13.6. The maximum Gasteiger partial charge on any atom is 0.261 e. The molecule has 0 saturated carbocycles. The van der Waals surface area contributed by atoms with Crippen molar-refractivity contribution in [3.8, 4) is 0 Å². The van der Waals surface area contributed by atoms with Crippen LogP contribution in [0.25, 0.3) is 11.1 Å². The predicted octanol–water partition coefficient (Wildman–Crippen LogP) is 3.84. The Morgan fingerprint density at radius 2 is 2.10 bits per heavy atom. The lowest BCUT2D eigenvalue weighted by Crippen LogP contribution is -2.05. The van der Waals surface area contributed by atoms with Crippen LogP contribution in [0.4, 0.5) is 4.39 Å². The minimum absolute atomic E-state index is 0.253. The average molecular weight is 288 g/mol. The molecule has 0 atom stereocenters. The van der Waals surface area contributed by atoms with Crippen LogP contribution >= 0.6 is 11.8 Å². The van der Waals surface area contributed by atoms with Gasteiger partial charge in [0.25, 0.3) is 5.22 Å². The van der Waals surface area contributed by atoms with E-state index in [1.165, 1.54) is 23.9 Å². The number of halogens is 1. The first kappa shape index (κ1) is 13.1. The summed E-state index contributed by atoms with van der Waals surface area (Å²) in [6.07, 6.45) is 0. The highest BCUT2D eigenvalue weighted by Gasteiger charge is 2.08. The van der Waals surface area contributed by atoms with Gasteiger partial charge in [-0.2, -0.15) is 0 Å². The molecule has 2 aromatic carbocycles. The SMILES string of the molecule is CNCc1cc(F)cc(Sc2nc3ccccc3o2)c1. The van der Waals surface area contributed by atoms with Crippen LogP contribution in [-0.4, -0.2) is 12.0 Å². The highest BCUT2D eigenvalue weighted by Crippen LogP contribution is 2.30. The number of benzene rings is 2. The molecular formula is C15H13FN2OS. The summed E-state index contributed by atoms with van der Waals surface area (Å²) in [6.45, 7) is 0.624. The number of oxazole rings is 1. The number of nitrogens with one attached hydrogen (secondary N) is 1. The van der Waals surface area contributed by atoms with Crippen molar-refractivity contribution in [1.29, 1.82) is 0 Å². The average Bonchev–Trinajstić information content (AvgIpc) is 2.80. The van der Waals surface area contributed by atoms with Crippen LogP contribution in [0.5, 0.6) is 0 Å². The second-order valence-corrected chi connectivity index (χ2v) is 5.40. The van der Waals surface area contributed by atoms with Gasteiger partial charge >= 0.3 is 0 Å². The fraction of sp³-hybridized carbons (Fsp3) is 0.133. The fourth-order valence-electron chi connectivity index (χ4n) is 1.98. The number of aromatic nitrogens is 1. The zero-order chi connectivity index (χ0) is 13.9. The van der Waals surface area contributed by atoms with Crippen molar-refractivity contribution in [3.63, 3.8) is 0 Å². The third-order valence-electron chi connectivity index (χ3n) is 2.79. The van der Waals surface area contributed by atoms with Crippen LogP contribution < -0.4 is 5.32 Å². The molecule has 3 rings (SSSR count). The molecule has 3 nitrogen and oxygen atoms in total. The number of para-hydroxylation sites is 2. The van der Waals surface area contributed by atoms with Crippen molar-refractivity contribution in [1.82, 2.24) is 10.3 Å². The number of nitrogens with zero attached hydrogens (tertiary/aromatic N) is 1. The van der Waals surface area contributed by atoms with Crippen LogP contribution in [0.3, 0.4) is 0 Å². The van der Waals surface area contributed by atoms with Crippen LogP contribution in [0.2, 0.25) is 0 Å². The molecule has 0 aliphatic rings. The molecule has 1 N–H and O–H groups in total. The third-order valence-corrected chi connectivity index (χ3v) is 3.61. The first-order valence-electron chi connectivity index (χ1n) is 6.22. The maximum absolute atomic E-state index is 13.6. The predicted molar refractivity (Wildman–Crippen MR) is 77.3 cm³/mol. The zero-order valence-corrected chi connectivity index (χ0v) is 11.7. The standard InChI is InChI=1S/C15H13FN2OS/c1-17-9-10-6-11(16)8-12(7-10)20-15-18-13-4-2-3-5-14(13)19-15/h2-8,17H,9H2,1H3. The van der Waals surface area contributed by atoms with E-state index in [2.05, 4.69) is 10.3 Å². The Hall–Kier alpha value is -1.85. The van der Waals surface area contributed by atoms with Gasteiger partial charge in [0.05, 0.1) is 0 Å². The van der Waals surface area contributed by atoms with Crippen molar-refractivity contribution in [2.24, 2.45) is 0 Å². The Balaban J connectivity index is 1.90. The smallest absolute Gasteiger partial charge is 0.261 e. The summed E-state index contributed by atoms with van der Waals surface area (Å²) >= 11 is 1.32. The molecule has 0 aliphatic heterocycles. The van der Waals surface area contributed by atoms with Crippen molar-refractivity contribution in [2.45, 2.75) is 16.7 Å². The molecule has 20 heavy (non-hydrogen) atoms. The summed E-state index contributed by atoms with van der Waals surface area (Å²) in [4.78, 5) is 5.15. The second kappa shape index (κ2) is 5.64. The largest absolute Gasteiger partial charge is 0.431 e. The van der Waals surface area contributed by atoms with Crippen LogP contribution in [0.15, 0.2) is 57.0 Å². The summed E-state index contributed by atoms with van der Waals surface area (Å²) in [6, 6.07) is 12.5. The molecule has 3 aromatic rings. The molecule has 0 spiro atoms. The quantitative estimate of drug-likeness (QED) is 0.791. The van der Waals surface area contributed by atoms with Crippen LogP contribution in [0.1, 0.15) is 5.56 Å². The van der Waals surface area contributed by atoms with E-state index in [0.29, 0.717) is 11.8 Å². The minimum atomic E-state index is -0.253. The Morgan fingerprint density at radius 3 is 2.90 bits per heavy atom. The lowest BCUT2D eigenvalue weighted by atomic mass is 10.2. The number of rotatable bonds is 4. The number of fused-ring (bicyclic) bond motifs is 1. The van der Waals surface area contributed by atoms with Gasteiger partial charge in [-0.05, 0) is 54.7 Å². The first-order chi connectivity index (χ1) is 9.74. The van der Waals surface area contributed by atoms with Gasteiger partial charge in [-0.25, -0.2) is 9.37 Å². The summed E-state index contributed by atoms with van der Waals surface area (Å²) in [7, 11) is 1.83. The Kier molecular flexibility index (Phi) is 3.71. The van der Waals surface area contributed by atoms with E-state index in [9.17, 15) is 4.39 Å². The van der Waals surface area contributed by atoms with Crippen molar-refractivity contribution < 1.29 is 8.81 Å². The highest BCUT2D eigenvalue weighted by atomic mass is 32.2. The molecule has 1 aromatic heterocycles. The number of hydrogen-bond acceptors (Lipinski definition) is 4. The summed E-state index contributed by atoms with van der Waals surface area (Å²) in [5.41, 5.74) is 2.44. The monoisotopic (exact) mass is 288 g/mol. The van der Waals surface area contributed by atoms with Crippen molar-refractivity contribution in [2.75, 3.05) is 7.05 Å². The van der Waals surface area contributed by atoms with Crippen molar-refractivity contribution in [3.05, 3.63) is 53.8 Å². The molecule has 0 saturated heterocycles. The topological polar surface area (TPSA) is 38.1 Å². The molecule has 0 radical (unpaired) electrons. The minimum Gasteiger partial charge on any atom is -0.431 e. The molecule has 0 aliphatic carbocycles. The van der Waals surface area contributed by atoms with E-state index in [1.54, 1.807) is 0 Å². The van der Waals surface area contributed by atoms with Gasteiger partial charge in [0.1, 0.15) is 11.3 Å². The van der Waals surface area contributed by atoms with Gasteiger partial charge in [0, 0.05) is 11.4 Å². The second-order valence-electron chi connectivity index (χ2n) is 4.38. The van der Waals surface area contributed by atoms with Gasteiger partial charge in [-0.3, -0.25) is 0 Å². The van der Waals surface area contributed by atoms with Crippen LogP contribution in [0, 0.1) is 5.82 Å². The van der Waals surface area contributed by atoms with Gasteiger partial charge in [-0.15, -0.1) is 0 Å². The summed E-state index contributed by atoms with van der Waals surface area (Å²) < 4.78 is 19.2. The van der Waals surface area contributed by atoms with E-state index in [0.717, 1.165) is 21.6 Å². The van der Waals surface area contributed by atoms with E-state index in [4.69, 9.17) is 4.42 Å². The lowest BCUT2D eigenvalue weighted by Gasteiger charge is -2.03. The summed E-state index contributed by atoms with van der Waals surface area (Å²) in [5.74, 6) is -0.253. The third kappa shape index (κ3) is 2.84. The van der Waals surface area contributed by atoms with Gasteiger partial charge in [-0.1, -0.05) is 12.1 Å². The first-order valence-corrected chi connectivity index (χ1v) is 7.04. The molecule has 102 valence electrons. The van der Waals surface area contributed by atoms with E-state index in [1.807, 2.05) is 37.4 Å². The molecule has 0 bridgehead atoms. The molecule has 1 heterocycles. The molecule has 5 heteroatoms. The fourth-order valence-corrected chi connectivity index (χ4v) is 2.84. The van der Waals surface area contributed by atoms with Crippen LogP contribution in [-0.2, 0) is 6.54 Å². The molecular weight excluding hydrogens is 275 g/mol. The Bertz CT molecular complexity index is 709. The van der Waals surface area contributed by atoms with Crippen molar-refractivity contribution >= 4 is 22.9 Å². The normalized spacial score (nSPS) is 11.1. The van der Waals surface area contributed by atoms with Gasteiger partial charge in [0.15, 0.2) is 5.58 Å². The Morgan fingerprint density at radius 1 is 1.25 bits per heavy atom. The molecule has 0 unspecified atom stereocenters. The van der Waals surface area contributed by atoms with Gasteiger partial charge < -0.3 is 9.73 Å². The Labute approximate surface area is 120 Å². The number of hydrogen-bond donors (Lipinski definition) is 1. The molecule has 0 fully saturated rings. The summed E-state index contributed by atoms with van der Waals surface area (Å²) in [5, 5.41) is 3.53. The lowest BCUT2D eigenvalue weighted by molar-refractivity contribution is 0.489. The molecule has 0 amide bonds. The van der Waals surface area contributed by atoms with E-state index < -0.39 is 0 Å². The van der Waals surface area contributed by atoms with E-state index in [-0.39, 0.29) is 5.82 Å². The van der Waals surface area contributed by atoms with E-state index >= 15 is 0 Å². The highest BCUT2D eigenvalue weighted by molar-refractivity contribution is 7.99. The van der Waals surface area contributed by atoms with Gasteiger partial charge in [0.2, 0.25) is 0 Å². The zero-order valence-electron chi connectivity index (χ0n) is 10.9.